The van der Waals surface area contributed by atoms with Crippen LogP contribution in [-0.4, -0.2) is 41.6 Å². The molecule has 0 saturated carbocycles. The lowest BCUT2D eigenvalue weighted by molar-refractivity contribution is 0.405. The minimum atomic E-state index is -3.47. The van der Waals surface area contributed by atoms with Gasteiger partial charge in [0.1, 0.15) is 4.90 Å². The normalized spacial score (nSPS) is 23.9. The van der Waals surface area contributed by atoms with Crippen LogP contribution in [0.2, 0.25) is 0 Å². The topological polar surface area (TPSA) is 81.2 Å². The summed E-state index contributed by atoms with van der Waals surface area (Å²) in [5.74, 6) is 0.405. The maximum absolute atomic E-state index is 13.0. The molecule has 0 radical (unpaired) electrons. The second kappa shape index (κ2) is 6.06. The lowest BCUT2D eigenvalue weighted by atomic mass is 10.1. The van der Waals surface area contributed by atoms with Crippen LogP contribution in [0.25, 0.3) is 0 Å². The monoisotopic (exact) mass is 314 g/mol. The van der Waals surface area contributed by atoms with Crippen molar-refractivity contribution in [3.63, 3.8) is 0 Å². The molecule has 1 aliphatic heterocycles. The molecule has 0 amide bonds. The van der Waals surface area contributed by atoms with E-state index in [9.17, 15) is 8.42 Å². The molecule has 1 fully saturated rings. The van der Waals surface area contributed by atoms with Crippen molar-refractivity contribution in [2.24, 2.45) is 11.7 Å². The SMILES string of the molecule is Cc1nn(CCCN)c(C)c1S(=O)(=O)N1CC(C)CC1C. The van der Waals surface area contributed by atoms with Crippen molar-refractivity contribution >= 4 is 10.0 Å². The number of nitrogens with zero attached hydrogens (tertiary/aromatic N) is 3. The fourth-order valence-corrected chi connectivity index (χ4v) is 5.36. The van der Waals surface area contributed by atoms with Crippen LogP contribution in [0.5, 0.6) is 0 Å². The Morgan fingerprint density at radius 3 is 2.52 bits per heavy atom. The van der Waals surface area contributed by atoms with Crippen molar-refractivity contribution in [2.75, 3.05) is 13.1 Å². The molecule has 0 spiro atoms. The van der Waals surface area contributed by atoms with E-state index in [2.05, 4.69) is 12.0 Å². The third-order valence-electron chi connectivity index (χ3n) is 4.18. The van der Waals surface area contributed by atoms with Crippen LogP contribution >= 0.6 is 0 Å². The lowest BCUT2D eigenvalue weighted by Crippen LogP contribution is -2.34. The first-order valence-electron chi connectivity index (χ1n) is 7.55. The molecule has 2 rings (SSSR count). The van der Waals surface area contributed by atoms with E-state index in [0.29, 0.717) is 41.8 Å². The predicted octanol–water partition coefficient (Wildman–Crippen LogP) is 1.27. The Balaban J connectivity index is 2.39. The Kier molecular flexibility index (Phi) is 4.75. The first-order valence-corrected chi connectivity index (χ1v) is 8.99. The molecule has 1 aliphatic rings. The third kappa shape index (κ3) is 3.00. The molecule has 6 nitrogen and oxygen atoms in total. The van der Waals surface area contributed by atoms with Gasteiger partial charge in [-0.05, 0) is 46.1 Å². The van der Waals surface area contributed by atoms with Gasteiger partial charge in [-0.25, -0.2) is 8.42 Å². The highest BCUT2D eigenvalue weighted by atomic mass is 32.2. The van der Waals surface area contributed by atoms with E-state index in [1.807, 2.05) is 13.8 Å². The van der Waals surface area contributed by atoms with Gasteiger partial charge in [0.15, 0.2) is 0 Å². The minimum Gasteiger partial charge on any atom is -0.330 e. The molecular weight excluding hydrogens is 288 g/mol. The zero-order valence-corrected chi connectivity index (χ0v) is 14.2. The number of hydrogen-bond donors (Lipinski definition) is 1. The van der Waals surface area contributed by atoms with E-state index in [-0.39, 0.29) is 6.04 Å². The zero-order valence-electron chi connectivity index (χ0n) is 13.3. The van der Waals surface area contributed by atoms with Crippen molar-refractivity contribution in [1.29, 1.82) is 0 Å². The highest BCUT2D eigenvalue weighted by Crippen LogP contribution is 2.31. The summed E-state index contributed by atoms with van der Waals surface area (Å²) in [7, 11) is -3.47. The highest BCUT2D eigenvalue weighted by molar-refractivity contribution is 7.89. The number of hydrogen-bond acceptors (Lipinski definition) is 4. The van der Waals surface area contributed by atoms with Gasteiger partial charge in [0.2, 0.25) is 10.0 Å². The smallest absolute Gasteiger partial charge is 0.246 e. The van der Waals surface area contributed by atoms with E-state index in [4.69, 9.17) is 5.73 Å². The Morgan fingerprint density at radius 2 is 2.00 bits per heavy atom. The molecule has 21 heavy (non-hydrogen) atoms. The van der Waals surface area contributed by atoms with E-state index in [1.165, 1.54) is 0 Å². The van der Waals surface area contributed by atoms with Crippen LogP contribution in [0.1, 0.15) is 38.1 Å². The Hall–Kier alpha value is -0.920. The Morgan fingerprint density at radius 1 is 1.33 bits per heavy atom. The summed E-state index contributed by atoms with van der Waals surface area (Å²) < 4.78 is 29.3. The fraction of sp³-hybridized carbons (Fsp3) is 0.786. The molecular formula is C14H26N4O2S. The largest absolute Gasteiger partial charge is 0.330 e. The van der Waals surface area contributed by atoms with Crippen LogP contribution in [0.3, 0.4) is 0 Å². The van der Waals surface area contributed by atoms with Gasteiger partial charge in [-0.2, -0.15) is 9.40 Å². The van der Waals surface area contributed by atoms with Crippen molar-refractivity contribution in [3.05, 3.63) is 11.4 Å². The predicted molar refractivity (Wildman–Crippen MR) is 82.5 cm³/mol. The molecule has 1 aromatic rings. The Bertz CT molecular complexity index is 609. The van der Waals surface area contributed by atoms with Gasteiger partial charge in [0.25, 0.3) is 0 Å². The van der Waals surface area contributed by atoms with E-state index >= 15 is 0 Å². The van der Waals surface area contributed by atoms with Crippen LogP contribution in [0.4, 0.5) is 0 Å². The van der Waals surface area contributed by atoms with Crippen molar-refractivity contribution in [3.8, 4) is 0 Å². The van der Waals surface area contributed by atoms with Crippen LogP contribution in [0.15, 0.2) is 4.90 Å². The first kappa shape index (κ1) is 16.5. The molecule has 0 aromatic carbocycles. The van der Waals surface area contributed by atoms with E-state index in [1.54, 1.807) is 15.9 Å². The molecule has 1 aromatic heterocycles. The van der Waals surface area contributed by atoms with Gasteiger partial charge >= 0.3 is 0 Å². The van der Waals surface area contributed by atoms with E-state index in [0.717, 1.165) is 12.8 Å². The maximum atomic E-state index is 13.0. The molecule has 0 aliphatic carbocycles. The lowest BCUT2D eigenvalue weighted by Gasteiger charge is -2.21. The van der Waals surface area contributed by atoms with Crippen molar-refractivity contribution in [2.45, 2.75) is 58.0 Å². The Labute approximate surface area is 127 Å². The average Bonchev–Trinajstić information content (AvgIpc) is 2.87. The fourth-order valence-electron chi connectivity index (χ4n) is 3.23. The van der Waals surface area contributed by atoms with Crippen LogP contribution < -0.4 is 5.73 Å². The van der Waals surface area contributed by atoms with Gasteiger partial charge in [-0.15, -0.1) is 0 Å². The van der Waals surface area contributed by atoms with Gasteiger partial charge in [-0.3, -0.25) is 4.68 Å². The molecule has 2 N–H and O–H groups in total. The maximum Gasteiger partial charge on any atom is 0.246 e. The van der Waals surface area contributed by atoms with Gasteiger partial charge < -0.3 is 5.73 Å². The summed E-state index contributed by atoms with van der Waals surface area (Å²) in [5, 5.41) is 4.38. The van der Waals surface area contributed by atoms with E-state index < -0.39 is 10.0 Å². The highest BCUT2D eigenvalue weighted by Gasteiger charge is 2.38. The second-order valence-electron chi connectivity index (χ2n) is 6.13. The third-order valence-corrected chi connectivity index (χ3v) is 6.42. The zero-order chi connectivity index (χ0) is 15.8. The quantitative estimate of drug-likeness (QED) is 0.887. The number of nitrogens with two attached hydrogens (primary N) is 1. The summed E-state index contributed by atoms with van der Waals surface area (Å²) in [6.07, 6.45) is 1.71. The number of aromatic nitrogens is 2. The number of rotatable bonds is 5. The van der Waals surface area contributed by atoms with Crippen LogP contribution in [-0.2, 0) is 16.6 Å². The summed E-state index contributed by atoms with van der Waals surface area (Å²) in [6.45, 7) is 9.49. The summed E-state index contributed by atoms with van der Waals surface area (Å²) in [4.78, 5) is 0.375. The molecule has 1 saturated heterocycles. The summed E-state index contributed by atoms with van der Waals surface area (Å²) in [6, 6.07) is 0.0520. The second-order valence-corrected chi connectivity index (χ2v) is 7.96. The van der Waals surface area contributed by atoms with Crippen molar-refractivity contribution < 1.29 is 8.42 Å². The molecule has 120 valence electrons. The number of aryl methyl sites for hydroxylation is 2. The van der Waals surface area contributed by atoms with Crippen LogP contribution in [0, 0.1) is 19.8 Å². The molecule has 7 heteroatoms. The minimum absolute atomic E-state index is 0.0520. The average molecular weight is 314 g/mol. The molecule has 2 atom stereocenters. The number of sulfonamides is 1. The molecule has 0 bridgehead atoms. The van der Waals surface area contributed by atoms with Gasteiger partial charge in [0.05, 0.1) is 11.4 Å². The summed E-state index contributed by atoms with van der Waals surface area (Å²) >= 11 is 0. The molecule has 2 unspecified atom stereocenters. The molecule has 2 heterocycles. The standard InChI is InChI=1S/C14H26N4O2S/c1-10-8-11(2)18(9-10)21(19,20)14-12(3)16-17(13(14)4)7-5-6-15/h10-11H,5-9,15H2,1-4H3. The van der Waals surface area contributed by atoms with Gasteiger partial charge in [0, 0.05) is 19.1 Å². The van der Waals surface area contributed by atoms with Crippen molar-refractivity contribution in [1.82, 2.24) is 14.1 Å². The van der Waals surface area contributed by atoms with Gasteiger partial charge in [-0.1, -0.05) is 6.92 Å². The first-order chi connectivity index (χ1) is 9.78. The summed E-state index contributed by atoms with van der Waals surface area (Å²) in [5.41, 5.74) is 6.82.